The highest BCUT2D eigenvalue weighted by atomic mass is 16.5. The Kier molecular flexibility index (Phi) is 3.26. The molecule has 2 fully saturated rings. The quantitative estimate of drug-likeness (QED) is 0.680. The second-order valence-corrected chi connectivity index (χ2v) is 4.80. The molecule has 1 aliphatic carbocycles. The Morgan fingerprint density at radius 3 is 2.60 bits per heavy atom. The first-order valence-corrected chi connectivity index (χ1v) is 5.76. The van der Waals surface area contributed by atoms with Gasteiger partial charge in [-0.2, -0.15) is 0 Å². The predicted molar refractivity (Wildman–Crippen MR) is 57.3 cm³/mol. The van der Waals surface area contributed by atoms with E-state index in [1.54, 1.807) is 0 Å². The molecule has 1 aliphatic heterocycles. The van der Waals surface area contributed by atoms with Gasteiger partial charge in [-0.05, 0) is 24.7 Å². The number of nitrogens with two attached hydrogens (primary N) is 1. The average Bonchev–Trinajstić information content (AvgIpc) is 2.76. The molecule has 0 amide bonds. The first-order chi connectivity index (χ1) is 7.20. The van der Waals surface area contributed by atoms with Crippen molar-refractivity contribution in [1.29, 1.82) is 0 Å². The Bertz CT molecular complexity index is 233. The van der Waals surface area contributed by atoms with Gasteiger partial charge in [0.05, 0.1) is 7.11 Å². The zero-order chi connectivity index (χ0) is 10.8. The van der Waals surface area contributed by atoms with Crippen LogP contribution in [-0.4, -0.2) is 43.7 Å². The molecule has 2 rings (SSSR count). The Morgan fingerprint density at radius 2 is 2.07 bits per heavy atom. The maximum atomic E-state index is 11.2. The van der Waals surface area contributed by atoms with Crippen molar-refractivity contribution in [3.63, 3.8) is 0 Å². The summed E-state index contributed by atoms with van der Waals surface area (Å²) in [4.78, 5) is 13.5. The van der Waals surface area contributed by atoms with E-state index in [2.05, 4.69) is 9.64 Å². The maximum Gasteiger partial charge on any atom is 0.323 e. The summed E-state index contributed by atoms with van der Waals surface area (Å²) >= 11 is 0. The Morgan fingerprint density at radius 1 is 1.47 bits per heavy atom. The highest BCUT2D eigenvalue weighted by Gasteiger charge is 2.36. The zero-order valence-corrected chi connectivity index (χ0v) is 9.32. The summed E-state index contributed by atoms with van der Waals surface area (Å²) in [6.45, 7) is 2.89. The summed E-state index contributed by atoms with van der Waals surface area (Å²) in [5.74, 6) is 1.41. The number of rotatable bonds is 3. The molecule has 3 unspecified atom stereocenters. The minimum atomic E-state index is -0.478. The number of esters is 1. The molecule has 86 valence electrons. The summed E-state index contributed by atoms with van der Waals surface area (Å²) in [5, 5.41) is 0. The molecule has 4 heteroatoms. The van der Waals surface area contributed by atoms with Gasteiger partial charge >= 0.3 is 5.97 Å². The number of ether oxygens (including phenoxy) is 1. The molecule has 0 spiro atoms. The van der Waals surface area contributed by atoms with Crippen LogP contribution in [-0.2, 0) is 9.53 Å². The van der Waals surface area contributed by atoms with Crippen LogP contribution in [0, 0.1) is 11.8 Å². The van der Waals surface area contributed by atoms with Crippen LogP contribution in [0.15, 0.2) is 0 Å². The predicted octanol–water partition coefficient (Wildman–Crippen LogP) is 0.219. The first kappa shape index (κ1) is 10.9. The molecule has 0 bridgehead atoms. The third-order valence-corrected chi connectivity index (χ3v) is 3.76. The molecule has 2 N–H and O–H groups in total. The number of carbonyl (C=O) groups excluding carboxylic acids is 1. The molecule has 1 saturated carbocycles. The van der Waals surface area contributed by atoms with Crippen LogP contribution in [0.3, 0.4) is 0 Å². The topological polar surface area (TPSA) is 55.6 Å². The summed E-state index contributed by atoms with van der Waals surface area (Å²) in [5.41, 5.74) is 5.74. The fraction of sp³-hybridized carbons (Fsp3) is 0.909. The summed E-state index contributed by atoms with van der Waals surface area (Å²) in [6.07, 6.45) is 4.09. The fourth-order valence-electron chi connectivity index (χ4n) is 2.99. The number of likely N-dealkylation sites (tertiary alicyclic amines) is 1. The van der Waals surface area contributed by atoms with Crippen LogP contribution in [0.25, 0.3) is 0 Å². The largest absolute Gasteiger partial charge is 0.468 e. The lowest BCUT2D eigenvalue weighted by atomic mass is 10.0. The molecule has 0 aromatic rings. The number of carbonyl (C=O) groups is 1. The van der Waals surface area contributed by atoms with E-state index in [0.717, 1.165) is 24.9 Å². The van der Waals surface area contributed by atoms with Crippen LogP contribution in [0.1, 0.15) is 19.3 Å². The van der Waals surface area contributed by atoms with E-state index in [1.165, 1.54) is 26.4 Å². The first-order valence-electron chi connectivity index (χ1n) is 5.76. The SMILES string of the molecule is COC(=O)C(N)CN1CC2CCCC2C1. The van der Waals surface area contributed by atoms with E-state index in [-0.39, 0.29) is 5.97 Å². The van der Waals surface area contributed by atoms with Gasteiger partial charge in [-0.25, -0.2) is 0 Å². The molecule has 4 nitrogen and oxygen atoms in total. The van der Waals surface area contributed by atoms with Crippen molar-refractivity contribution >= 4 is 5.97 Å². The number of hydrogen-bond acceptors (Lipinski definition) is 4. The summed E-state index contributed by atoms with van der Waals surface area (Å²) in [7, 11) is 1.39. The second-order valence-electron chi connectivity index (χ2n) is 4.80. The Labute approximate surface area is 90.8 Å². The van der Waals surface area contributed by atoms with Gasteiger partial charge in [-0.15, -0.1) is 0 Å². The van der Waals surface area contributed by atoms with Gasteiger partial charge in [0, 0.05) is 19.6 Å². The fourth-order valence-corrected chi connectivity index (χ4v) is 2.99. The van der Waals surface area contributed by atoms with Gasteiger partial charge < -0.3 is 15.4 Å². The lowest BCUT2D eigenvalue weighted by Gasteiger charge is -2.19. The molecule has 3 atom stereocenters. The molecule has 0 radical (unpaired) electrons. The smallest absolute Gasteiger partial charge is 0.323 e. The number of methoxy groups -OCH3 is 1. The molecular formula is C11H20N2O2. The molecule has 2 aliphatic rings. The van der Waals surface area contributed by atoms with Crippen LogP contribution in [0.5, 0.6) is 0 Å². The van der Waals surface area contributed by atoms with E-state index in [4.69, 9.17) is 5.73 Å². The van der Waals surface area contributed by atoms with E-state index < -0.39 is 6.04 Å². The van der Waals surface area contributed by atoms with Crippen molar-refractivity contribution < 1.29 is 9.53 Å². The van der Waals surface area contributed by atoms with Crippen LogP contribution < -0.4 is 5.73 Å². The van der Waals surface area contributed by atoms with Crippen LogP contribution in [0.4, 0.5) is 0 Å². The third kappa shape index (κ3) is 2.32. The second kappa shape index (κ2) is 4.49. The van der Waals surface area contributed by atoms with Crippen molar-refractivity contribution in [1.82, 2.24) is 4.90 Å². The van der Waals surface area contributed by atoms with Crippen LogP contribution in [0.2, 0.25) is 0 Å². The minimum Gasteiger partial charge on any atom is -0.468 e. The molecule has 1 heterocycles. The van der Waals surface area contributed by atoms with Gasteiger partial charge in [-0.1, -0.05) is 6.42 Å². The minimum absolute atomic E-state index is 0.299. The molecular weight excluding hydrogens is 192 g/mol. The van der Waals surface area contributed by atoms with Gasteiger partial charge in [0.1, 0.15) is 6.04 Å². The maximum absolute atomic E-state index is 11.2. The van der Waals surface area contributed by atoms with Crippen LogP contribution >= 0.6 is 0 Å². The number of hydrogen-bond donors (Lipinski definition) is 1. The molecule has 0 aromatic heterocycles. The summed E-state index contributed by atoms with van der Waals surface area (Å²) in [6, 6.07) is -0.478. The molecule has 1 saturated heterocycles. The normalized spacial score (nSPS) is 32.7. The Balaban J connectivity index is 1.79. The standard InChI is InChI=1S/C11H20N2O2/c1-15-11(14)10(12)7-13-5-8-3-2-4-9(8)6-13/h8-10H,2-7,12H2,1H3. The average molecular weight is 212 g/mol. The van der Waals surface area contributed by atoms with E-state index in [1.807, 2.05) is 0 Å². The van der Waals surface area contributed by atoms with Gasteiger partial charge in [0.2, 0.25) is 0 Å². The highest BCUT2D eigenvalue weighted by Crippen LogP contribution is 2.37. The Hall–Kier alpha value is -0.610. The van der Waals surface area contributed by atoms with E-state index >= 15 is 0 Å². The van der Waals surface area contributed by atoms with Crippen molar-refractivity contribution in [2.45, 2.75) is 25.3 Å². The lowest BCUT2D eigenvalue weighted by Crippen LogP contribution is -2.42. The van der Waals surface area contributed by atoms with E-state index in [9.17, 15) is 4.79 Å². The third-order valence-electron chi connectivity index (χ3n) is 3.76. The van der Waals surface area contributed by atoms with Gasteiger partial charge in [0.25, 0.3) is 0 Å². The number of fused-ring (bicyclic) bond motifs is 1. The summed E-state index contributed by atoms with van der Waals surface area (Å²) < 4.78 is 4.63. The van der Waals surface area contributed by atoms with E-state index in [0.29, 0.717) is 6.54 Å². The van der Waals surface area contributed by atoms with Gasteiger partial charge in [0.15, 0.2) is 0 Å². The van der Waals surface area contributed by atoms with Crippen molar-refractivity contribution in [2.24, 2.45) is 17.6 Å². The highest BCUT2D eigenvalue weighted by molar-refractivity contribution is 5.75. The zero-order valence-electron chi connectivity index (χ0n) is 9.32. The van der Waals surface area contributed by atoms with Gasteiger partial charge in [-0.3, -0.25) is 4.79 Å². The molecule has 0 aromatic carbocycles. The monoisotopic (exact) mass is 212 g/mol. The molecule has 15 heavy (non-hydrogen) atoms. The van der Waals surface area contributed by atoms with Crippen molar-refractivity contribution in [3.8, 4) is 0 Å². The number of nitrogens with zero attached hydrogens (tertiary/aromatic N) is 1. The lowest BCUT2D eigenvalue weighted by molar-refractivity contribution is -0.142. The van der Waals surface area contributed by atoms with Crippen molar-refractivity contribution in [2.75, 3.05) is 26.7 Å². The van der Waals surface area contributed by atoms with Crippen molar-refractivity contribution in [3.05, 3.63) is 0 Å².